The number of rotatable bonds is 4. The summed E-state index contributed by atoms with van der Waals surface area (Å²) >= 11 is 0. The summed E-state index contributed by atoms with van der Waals surface area (Å²) in [5, 5.41) is 0. The SMILES string of the molecule is CC(C)(C)OC(=O)N(C(=O)OC(C)(C)C)c1ncnc2c1ncn2/C=C/Cc1ccccc1. The van der Waals surface area contributed by atoms with Gasteiger partial charge in [0.2, 0.25) is 0 Å². The van der Waals surface area contributed by atoms with Crippen molar-refractivity contribution in [3.8, 4) is 0 Å². The Morgan fingerprint density at radius 2 is 1.55 bits per heavy atom. The van der Waals surface area contributed by atoms with Gasteiger partial charge in [-0.2, -0.15) is 4.90 Å². The standard InChI is InChI=1S/C24H29N5O4/c1-23(2,3)32-21(30)29(22(31)33-24(4,5)6)20-18-19(25-15-26-20)28(16-27-18)14-10-13-17-11-8-7-9-12-17/h7-12,14-16H,13H2,1-6H3/b14-10+. The smallest absolute Gasteiger partial charge is 0.425 e. The van der Waals surface area contributed by atoms with Crippen molar-refractivity contribution in [3.05, 3.63) is 54.6 Å². The van der Waals surface area contributed by atoms with Crippen molar-refractivity contribution in [2.45, 2.75) is 59.2 Å². The van der Waals surface area contributed by atoms with E-state index in [0.717, 1.165) is 16.9 Å². The van der Waals surface area contributed by atoms with Gasteiger partial charge >= 0.3 is 12.2 Å². The fraction of sp³-hybridized carbons (Fsp3) is 0.375. The monoisotopic (exact) mass is 451 g/mol. The number of anilines is 1. The molecule has 1 aromatic carbocycles. The maximum atomic E-state index is 13.0. The Balaban J connectivity index is 1.97. The predicted molar refractivity (Wildman–Crippen MR) is 126 cm³/mol. The molecule has 0 fully saturated rings. The highest BCUT2D eigenvalue weighted by atomic mass is 16.6. The number of fused-ring (bicyclic) bond motifs is 1. The van der Waals surface area contributed by atoms with Crippen LogP contribution in [0.5, 0.6) is 0 Å². The number of benzene rings is 1. The Morgan fingerprint density at radius 1 is 0.939 bits per heavy atom. The Bertz CT molecular complexity index is 1130. The lowest BCUT2D eigenvalue weighted by molar-refractivity contribution is 0.0429. The molecule has 0 saturated carbocycles. The van der Waals surface area contributed by atoms with E-state index in [1.54, 1.807) is 52.4 Å². The molecule has 2 heterocycles. The van der Waals surface area contributed by atoms with Gasteiger partial charge in [0.25, 0.3) is 0 Å². The molecular formula is C24H29N5O4. The third kappa shape index (κ3) is 6.38. The average Bonchev–Trinajstić information content (AvgIpc) is 3.10. The maximum Gasteiger partial charge on any atom is 0.425 e. The zero-order valence-corrected chi connectivity index (χ0v) is 19.8. The second-order valence-corrected chi connectivity index (χ2v) is 9.39. The van der Waals surface area contributed by atoms with E-state index in [0.29, 0.717) is 5.65 Å². The topological polar surface area (TPSA) is 99.4 Å². The van der Waals surface area contributed by atoms with Crippen molar-refractivity contribution in [1.29, 1.82) is 0 Å². The lowest BCUT2D eigenvalue weighted by atomic mass is 10.1. The minimum atomic E-state index is -0.911. The van der Waals surface area contributed by atoms with Crippen LogP contribution in [-0.4, -0.2) is 42.9 Å². The van der Waals surface area contributed by atoms with E-state index in [4.69, 9.17) is 9.47 Å². The number of ether oxygens (including phenoxy) is 2. The minimum Gasteiger partial charge on any atom is -0.443 e. The van der Waals surface area contributed by atoms with E-state index >= 15 is 0 Å². The van der Waals surface area contributed by atoms with Crippen LogP contribution < -0.4 is 4.90 Å². The first-order valence-corrected chi connectivity index (χ1v) is 10.6. The maximum absolute atomic E-state index is 13.0. The van der Waals surface area contributed by atoms with Crippen LogP contribution in [0, 0.1) is 0 Å². The molecule has 2 aromatic heterocycles. The first-order chi connectivity index (χ1) is 15.4. The molecule has 0 aliphatic carbocycles. The molecule has 0 aliphatic rings. The number of nitrogens with zero attached hydrogens (tertiary/aromatic N) is 5. The van der Waals surface area contributed by atoms with Gasteiger partial charge < -0.3 is 9.47 Å². The van der Waals surface area contributed by atoms with Crippen LogP contribution in [-0.2, 0) is 15.9 Å². The van der Waals surface area contributed by atoms with Crippen molar-refractivity contribution in [2.75, 3.05) is 4.90 Å². The average molecular weight is 452 g/mol. The van der Waals surface area contributed by atoms with Crippen LogP contribution in [0.4, 0.5) is 15.4 Å². The van der Waals surface area contributed by atoms with Crippen molar-refractivity contribution in [2.24, 2.45) is 0 Å². The van der Waals surface area contributed by atoms with Gasteiger partial charge in [-0.1, -0.05) is 36.4 Å². The molecule has 3 rings (SSSR count). The molecule has 0 atom stereocenters. The molecule has 174 valence electrons. The number of allylic oxidation sites excluding steroid dienone is 1. The van der Waals surface area contributed by atoms with Crippen molar-refractivity contribution < 1.29 is 19.1 Å². The highest BCUT2D eigenvalue weighted by Gasteiger charge is 2.35. The van der Waals surface area contributed by atoms with Gasteiger partial charge in [-0.05, 0) is 53.5 Å². The molecule has 9 heteroatoms. The van der Waals surface area contributed by atoms with Crippen LogP contribution >= 0.6 is 0 Å². The van der Waals surface area contributed by atoms with Crippen LogP contribution in [0.15, 0.2) is 49.1 Å². The molecule has 2 amide bonds. The van der Waals surface area contributed by atoms with Crippen LogP contribution in [0.1, 0.15) is 47.1 Å². The summed E-state index contributed by atoms with van der Waals surface area (Å²) in [6, 6.07) is 10.0. The van der Waals surface area contributed by atoms with Crippen molar-refractivity contribution in [3.63, 3.8) is 0 Å². The third-order valence-corrected chi connectivity index (χ3v) is 4.17. The first kappa shape index (κ1) is 23.9. The number of hydrogen-bond donors (Lipinski definition) is 0. The Labute approximate surface area is 193 Å². The fourth-order valence-corrected chi connectivity index (χ4v) is 2.89. The summed E-state index contributed by atoms with van der Waals surface area (Å²) in [6.07, 6.45) is 5.51. The van der Waals surface area contributed by atoms with Gasteiger partial charge in [-0.3, -0.25) is 4.57 Å². The number of imidazole rings is 1. The lowest BCUT2D eigenvalue weighted by Gasteiger charge is -2.28. The lowest BCUT2D eigenvalue weighted by Crippen LogP contribution is -2.44. The molecule has 9 nitrogen and oxygen atoms in total. The van der Waals surface area contributed by atoms with Gasteiger partial charge in [0, 0.05) is 6.20 Å². The second kappa shape index (κ2) is 9.40. The molecule has 33 heavy (non-hydrogen) atoms. The summed E-state index contributed by atoms with van der Waals surface area (Å²) < 4.78 is 12.6. The fourth-order valence-electron chi connectivity index (χ4n) is 2.89. The summed E-state index contributed by atoms with van der Waals surface area (Å²) in [6.45, 7) is 10.2. The zero-order chi connectivity index (χ0) is 24.2. The summed E-state index contributed by atoms with van der Waals surface area (Å²) in [5.41, 5.74) is 0.195. The van der Waals surface area contributed by atoms with E-state index in [1.807, 2.05) is 42.6 Å². The number of hydrogen-bond acceptors (Lipinski definition) is 7. The molecule has 0 spiro atoms. The zero-order valence-electron chi connectivity index (χ0n) is 19.8. The highest BCUT2D eigenvalue weighted by molar-refractivity contribution is 6.12. The van der Waals surface area contributed by atoms with Crippen LogP contribution in [0.2, 0.25) is 0 Å². The van der Waals surface area contributed by atoms with Crippen molar-refractivity contribution in [1.82, 2.24) is 19.5 Å². The number of carbonyl (C=O) groups is 2. The summed E-state index contributed by atoms with van der Waals surface area (Å²) in [4.78, 5) is 39.5. The van der Waals surface area contributed by atoms with Gasteiger partial charge in [-0.15, -0.1) is 0 Å². The van der Waals surface area contributed by atoms with E-state index in [1.165, 1.54) is 6.33 Å². The largest absolute Gasteiger partial charge is 0.443 e. The minimum absolute atomic E-state index is 0.0151. The quantitative estimate of drug-likeness (QED) is 0.536. The Morgan fingerprint density at radius 3 is 2.12 bits per heavy atom. The summed E-state index contributed by atoms with van der Waals surface area (Å²) in [7, 11) is 0. The van der Waals surface area contributed by atoms with Gasteiger partial charge in [0.15, 0.2) is 17.0 Å². The van der Waals surface area contributed by atoms with Crippen molar-refractivity contribution >= 4 is 35.4 Å². The molecule has 0 N–H and O–H groups in total. The van der Waals surface area contributed by atoms with Crippen LogP contribution in [0.3, 0.4) is 0 Å². The van der Waals surface area contributed by atoms with Gasteiger partial charge in [-0.25, -0.2) is 24.5 Å². The molecule has 0 unspecified atom stereocenters. The number of amides is 2. The number of aromatic nitrogens is 4. The molecule has 0 radical (unpaired) electrons. The first-order valence-electron chi connectivity index (χ1n) is 10.6. The van der Waals surface area contributed by atoms with E-state index < -0.39 is 23.4 Å². The Hall–Kier alpha value is -3.75. The van der Waals surface area contributed by atoms with Crippen LogP contribution in [0.25, 0.3) is 17.4 Å². The second-order valence-electron chi connectivity index (χ2n) is 9.39. The van der Waals surface area contributed by atoms with Gasteiger partial charge in [0.05, 0.1) is 0 Å². The molecule has 3 aromatic rings. The molecule has 0 saturated heterocycles. The predicted octanol–water partition coefficient (Wildman–Crippen LogP) is 5.22. The molecule has 0 bridgehead atoms. The van der Waals surface area contributed by atoms with E-state index in [2.05, 4.69) is 15.0 Å². The summed E-state index contributed by atoms with van der Waals surface area (Å²) in [5.74, 6) is -0.0151. The highest BCUT2D eigenvalue weighted by Crippen LogP contribution is 2.26. The number of imide groups is 1. The Kier molecular flexibility index (Phi) is 6.81. The van der Waals surface area contributed by atoms with E-state index in [-0.39, 0.29) is 11.3 Å². The normalized spacial score (nSPS) is 12.2. The molecule has 0 aliphatic heterocycles. The van der Waals surface area contributed by atoms with E-state index in [9.17, 15) is 9.59 Å². The number of carbonyl (C=O) groups excluding carboxylic acids is 2. The third-order valence-electron chi connectivity index (χ3n) is 4.17. The molecular weight excluding hydrogens is 422 g/mol. The van der Waals surface area contributed by atoms with Gasteiger partial charge in [0.1, 0.15) is 23.9 Å².